The third-order valence-corrected chi connectivity index (χ3v) is 1.06. The molecule has 0 aromatic carbocycles. The molecule has 0 aromatic heterocycles. The van der Waals surface area contributed by atoms with E-state index in [4.69, 9.17) is 0 Å². The van der Waals surface area contributed by atoms with Crippen molar-refractivity contribution in [2.45, 2.75) is 0 Å². The smallest absolute Gasteiger partial charge is 0.343 e. The van der Waals surface area contributed by atoms with Crippen molar-refractivity contribution < 1.29 is 19.1 Å². The van der Waals surface area contributed by atoms with Gasteiger partial charge in [0.1, 0.15) is 6.61 Å². The highest BCUT2D eigenvalue weighted by Gasteiger charge is 1.97. The Morgan fingerprint density at radius 1 is 1.57 bits per heavy atom. The number of amides is 2. The summed E-state index contributed by atoms with van der Waals surface area (Å²) in [5.41, 5.74) is 0. The van der Waals surface area contributed by atoms with Gasteiger partial charge in [-0.05, 0) is 0 Å². The summed E-state index contributed by atoms with van der Waals surface area (Å²) in [6.07, 6.45) is 2.05. The zero-order chi connectivity index (χ0) is 10.8. The van der Waals surface area contributed by atoms with Crippen LogP contribution in [0.4, 0.5) is 4.79 Å². The number of urea groups is 1. The number of ether oxygens (including phenoxy) is 2. The molecule has 6 heteroatoms. The molecule has 0 saturated heterocycles. The first-order valence-corrected chi connectivity index (χ1v) is 3.83. The lowest BCUT2D eigenvalue weighted by Gasteiger charge is -2.01. The topological polar surface area (TPSA) is 77.0 Å². The molecule has 0 aromatic rings. The Kier molecular flexibility index (Phi) is 6.75. The molecular formula is C8H12N2O4. The first kappa shape index (κ1) is 12.2. The predicted molar refractivity (Wildman–Crippen MR) is 50.1 cm³/mol. The van der Waals surface area contributed by atoms with Crippen molar-refractivity contribution in [1.82, 2.24) is 5.32 Å². The molecule has 0 unspecified atom stereocenters. The Balaban J connectivity index is 3.45. The highest BCUT2D eigenvalue weighted by atomic mass is 16.5. The van der Waals surface area contributed by atoms with E-state index in [9.17, 15) is 9.59 Å². The second-order valence-corrected chi connectivity index (χ2v) is 2.07. The highest BCUT2D eigenvalue weighted by Crippen LogP contribution is 1.78. The maximum atomic E-state index is 10.8. The molecule has 0 aliphatic carbocycles. The van der Waals surface area contributed by atoms with E-state index in [1.165, 1.54) is 7.11 Å². The first-order chi connectivity index (χ1) is 6.70. The number of methoxy groups -OCH3 is 1. The largest absolute Gasteiger partial charge is 0.486 e. The number of carbonyl (C=O) groups excluding carboxylic acids is 2. The minimum Gasteiger partial charge on any atom is -0.486 e. The highest BCUT2D eigenvalue weighted by molar-refractivity contribution is 5.82. The van der Waals surface area contributed by atoms with Gasteiger partial charge in [-0.1, -0.05) is 6.58 Å². The summed E-state index contributed by atoms with van der Waals surface area (Å²) in [4.78, 5) is 24.6. The summed E-state index contributed by atoms with van der Waals surface area (Å²) < 4.78 is 9.01. The molecule has 0 spiro atoms. The van der Waals surface area contributed by atoms with Crippen molar-refractivity contribution in [3.8, 4) is 0 Å². The van der Waals surface area contributed by atoms with Gasteiger partial charge in [0, 0.05) is 6.08 Å². The molecule has 0 saturated carbocycles. The van der Waals surface area contributed by atoms with Gasteiger partial charge in [-0.15, -0.1) is 0 Å². The van der Waals surface area contributed by atoms with Crippen LogP contribution in [0, 0.1) is 0 Å². The van der Waals surface area contributed by atoms with Crippen LogP contribution in [0.3, 0.4) is 0 Å². The molecule has 0 rings (SSSR count). The van der Waals surface area contributed by atoms with E-state index in [2.05, 4.69) is 26.4 Å². The van der Waals surface area contributed by atoms with Gasteiger partial charge in [0.25, 0.3) is 0 Å². The zero-order valence-electron chi connectivity index (χ0n) is 7.86. The SMILES string of the molecule is C=CC(=O)OCCNC(=O)N=COC. The van der Waals surface area contributed by atoms with Crippen molar-refractivity contribution in [1.29, 1.82) is 0 Å². The van der Waals surface area contributed by atoms with E-state index < -0.39 is 12.0 Å². The normalized spacial score (nSPS) is 9.50. The average Bonchev–Trinajstić information content (AvgIpc) is 2.21. The number of nitrogens with zero attached hydrogens (tertiary/aromatic N) is 1. The first-order valence-electron chi connectivity index (χ1n) is 3.83. The molecule has 78 valence electrons. The summed E-state index contributed by atoms with van der Waals surface area (Å²) in [6.45, 7) is 3.49. The molecule has 0 radical (unpaired) electrons. The number of rotatable bonds is 5. The van der Waals surface area contributed by atoms with E-state index in [1.54, 1.807) is 0 Å². The zero-order valence-corrected chi connectivity index (χ0v) is 7.86. The van der Waals surface area contributed by atoms with Crippen molar-refractivity contribution in [3.63, 3.8) is 0 Å². The molecule has 0 bridgehead atoms. The maximum absolute atomic E-state index is 10.8. The molecular weight excluding hydrogens is 188 g/mol. The molecule has 0 atom stereocenters. The van der Waals surface area contributed by atoms with Gasteiger partial charge in [0.2, 0.25) is 0 Å². The van der Waals surface area contributed by atoms with Gasteiger partial charge in [-0.2, -0.15) is 4.99 Å². The summed E-state index contributed by atoms with van der Waals surface area (Å²) in [7, 11) is 1.38. The Bertz CT molecular complexity index is 237. The number of esters is 1. The van der Waals surface area contributed by atoms with Crippen molar-refractivity contribution in [2.75, 3.05) is 20.3 Å². The Labute approximate surface area is 81.6 Å². The predicted octanol–water partition coefficient (Wildman–Crippen LogP) is 0.0999. The Morgan fingerprint density at radius 2 is 2.29 bits per heavy atom. The molecule has 1 N–H and O–H groups in total. The number of nitrogens with one attached hydrogen (secondary N) is 1. The van der Waals surface area contributed by atoms with Gasteiger partial charge >= 0.3 is 12.0 Å². The van der Waals surface area contributed by atoms with E-state index in [-0.39, 0.29) is 13.2 Å². The number of hydrogen-bond donors (Lipinski definition) is 1. The lowest BCUT2D eigenvalue weighted by Crippen LogP contribution is -2.25. The minimum absolute atomic E-state index is 0.0824. The fourth-order valence-corrected chi connectivity index (χ4v) is 0.515. The van der Waals surface area contributed by atoms with Gasteiger partial charge in [-0.3, -0.25) is 0 Å². The Morgan fingerprint density at radius 3 is 2.86 bits per heavy atom. The second kappa shape index (κ2) is 7.78. The van der Waals surface area contributed by atoms with Crippen LogP contribution < -0.4 is 5.32 Å². The van der Waals surface area contributed by atoms with Crippen molar-refractivity contribution in [3.05, 3.63) is 12.7 Å². The quantitative estimate of drug-likeness (QED) is 0.224. The lowest BCUT2D eigenvalue weighted by atomic mass is 10.6. The third kappa shape index (κ3) is 6.84. The van der Waals surface area contributed by atoms with Gasteiger partial charge in [-0.25, -0.2) is 9.59 Å². The average molecular weight is 200 g/mol. The number of carbonyl (C=O) groups is 2. The molecule has 0 aliphatic heterocycles. The van der Waals surface area contributed by atoms with Gasteiger partial charge in [0.15, 0.2) is 6.40 Å². The van der Waals surface area contributed by atoms with Gasteiger partial charge in [0.05, 0.1) is 13.7 Å². The van der Waals surface area contributed by atoms with Crippen molar-refractivity contribution >= 4 is 18.4 Å². The second-order valence-electron chi connectivity index (χ2n) is 2.07. The van der Waals surface area contributed by atoms with Crippen LogP contribution in [0.15, 0.2) is 17.6 Å². The lowest BCUT2D eigenvalue weighted by molar-refractivity contribution is -0.137. The summed E-state index contributed by atoms with van der Waals surface area (Å²) in [5, 5.41) is 2.37. The van der Waals surface area contributed by atoms with Crippen LogP contribution in [-0.4, -0.2) is 38.7 Å². The van der Waals surface area contributed by atoms with Crippen LogP contribution in [0.5, 0.6) is 0 Å². The van der Waals surface area contributed by atoms with Crippen LogP contribution in [0.25, 0.3) is 0 Å². The molecule has 0 aliphatic rings. The fraction of sp³-hybridized carbons (Fsp3) is 0.375. The fourth-order valence-electron chi connectivity index (χ4n) is 0.515. The van der Waals surface area contributed by atoms with Crippen LogP contribution in [-0.2, 0) is 14.3 Å². The third-order valence-electron chi connectivity index (χ3n) is 1.06. The number of hydrogen-bond acceptors (Lipinski definition) is 4. The van der Waals surface area contributed by atoms with Crippen LogP contribution in [0.2, 0.25) is 0 Å². The molecule has 6 nitrogen and oxygen atoms in total. The monoisotopic (exact) mass is 200 g/mol. The van der Waals surface area contributed by atoms with Crippen molar-refractivity contribution in [2.24, 2.45) is 4.99 Å². The number of aliphatic imine (C=N–C) groups is 1. The van der Waals surface area contributed by atoms with Crippen LogP contribution >= 0.6 is 0 Å². The van der Waals surface area contributed by atoms with E-state index in [0.717, 1.165) is 12.5 Å². The molecule has 0 fully saturated rings. The van der Waals surface area contributed by atoms with E-state index in [0.29, 0.717) is 0 Å². The Hall–Kier alpha value is -1.85. The molecule has 2 amide bonds. The summed E-state index contributed by atoms with van der Waals surface area (Å²) >= 11 is 0. The maximum Gasteiger partial charge on any atom is 0.343 e. The molecule has 0 heterocycles. The summed E-state index contributed by atoms with van der Waals surface area (Å²) in [5.74, 6) is -0.528. The van der Waals surface area contributed by atoms with E-state index in [1.807, 2.05) is 0 Å². The summed E-state index contributed by atoms with van der Waals surface area (Å²) in [6, 6.07) is -0.554. The minimum atomic E-state index is -0.554. The van der Waals surface area contributed by atoms with Crippen LogP contribution in [0.1, 0.15) is 0 Å². The van der Waals surface area contributed by atoms with E-state index >= 15 is 0 Å². The molecule has 14 heavy (non-hydrogen) atoms. The van der Waals surface area contributed by atoms with Gasteiger partial charge < -0.3 is 14.8 Å². The standard InChI is InChI=1S/C8H12N2O4/c1-3-7(11)14-5-4-9-8(12)10-6-13-2/h3,6H,1,4-5H2,2H3,(H,9,12).